The van der Waals surface area contributed by atoms with Crippen LogP contribution in [-0.2, 0) is 14.3 Å². The van der Waals surface area contributed by atoms with E-state index < -0.39 is 17.9 Å². The largest absolute Gasteiger partial charge is 0.466 e. The number of ether oxygens (including phenoxy) is 1. The first-order valence-electron chi connectivity index (χ1n) is 8.11. The first kappa shape index (κ1) is 18.9. The van der Waals surface area contributed by atoms with Crippen LogP contribution in [0.3, 0.4) is 0 Å². The third kappa shape index (κ3) is 5.28. The highest BCUT2D eigenvalue weighted by Gasteiger charge is 2.34. The quantitative estimate of drug-likeness (QED) is 0.436. The lowest BCUT2D eigenvalue weighted by Crippen LogP contribution is -2.60. The summed E-state index contributed by atoms with van der Waals surface area (Å²) >= 11 is 5.23. The number of amides is 2. The second-order valence-corrected chi connectivity index (χ2v) is 5.90. The van der Waals surface area contributed by atoms with Gasteiger partial charge in [0, 0.05) is 13.1 Å². The number of esters is 1. The number of unbranched alkanes of at least 4 members (excludes halogenated alkanes) is 1. The molecule has 0 saturated carbocycles. The molecule has 2 amide bonds. The minimum absolute atomic E-state index is 0.0719. The molecule has 0 radical (unpaired) electrons. The number of furan rings is 1. The summed E-state index contributed by atoms with van der Waals surface area (Å²) in [6, 6.07) is 2.28. The molecular formula is C16H21N3O5S. The molecule has 8 nitrogen and oxygen atoms in total. The SMILES string of the molecule is CCCCOC(=O)C[C@@H]1C(=O)NCCN1C(=S)NC(=O)c1ccco1. The molecule has 136 valence electrons. The standard InChI is InChI=1S/C16H21N3O5S/c1-2-3-8-24-13(20)10-11-14(21)17-6-7-19(11)16(25)18-15(22)12-5-4-9-23-12/h4-5,9,11H,2-3,6-8,10H2,1H3,(H,17,21)(H,18,22,25)/t11-/m1/s1. The monoisotopic (exact) mass is 367 g/mol. The molecule has 1 aliphatic rings. The van der Waals surface area contributed by atoms with Crippen LogP contribution in [0.15, 0.2) is 22.8 Å². The van der Waals surface area contributed by atoms with Gasteiger partial charge in [-0.3, -0.25) is 19.7 Å². The van der Waals surface area contributed by atoms with Gasteiger partial charge in [-0.05, 0) is 30.8 Å². The van der Waals surface area contributed by atoms with Gasteiger partial charge in [0.1, 0.15) is 6.04 Å². The maximum absolute atomic E-state index is 12.1. The van der Waals surface area contributed by atoms with Gasteiger partial charge in [-0.15, -0.1) is 0 Å². The van der Waals surface area contributed by atoms with Gasteiger partial charge < -0.3 is 19.4 Å². The molecule has 2 N–H and O–H groups in total. The lowest BCUT2D eigenvalue weighted by atomic mass is 10.1. The summed E-state index contributed by atoms with van der Waals surface area (Å²) in [7, 11) is 0. The van der Waals surface area contributed by atoms with Crippen molar-refractivity contribution >= 4 is 35.1 Å². The fraction of sp³-hybridized carbons (Fsp3) is 0.500. The first-order valence-corrected chi connectivity index (χ1v) is 8.52. The molecule has 1 aliphatic heterocycles. The van der Waals surface area contributed by atoms with Gasteiger partial charge >= 0.3 is 5.97 Å². The minimum atomic E-state index is -0.813. The van der Waals surface area contributed by atoms with E-state index in [4.69, 9.17) is 21.4 Å². The van der Waals surface area contributed by atoms with E-state index in [2.05, 4.69) is 10.6 Å². The second kappa shape index (κ2) is 9.16. The molecule has 1 atom stereocenters. The zero-order valence-corrected chi connectivity index (χ0v) is 14.8. The molecular weight excluding hydrogens is 346 g/mol. The third-order valence-electron chi connectivity index (χ3n) is 3.68. The topological polar surface area (TPSA) is 101 Å². The number of carbonyl (C=O) groups excluding carboxylic acids is 3. The molecule has 2 heterocycles. The molecule has 1 fully saturated rings. The van der Waals surface area contributed by atoms with Crippen LogP contribution >= 0.6 is 12.2 Å². The van der Waals surface area contributed by atoms with E-state index in [1.807, 2.05) is 6.92 Å². The Morgan fingerprint density at radius 3 is 3.00 bits per heavy atom. The van der Waals surface area contributed by atoms with Crippen LogP contribution in [0.4, 0.5) is 0 Å². The van der Waals surface area contributed by atoms with E-state index in [9.17, 15) is 14.4 Å². The van der Waals surface area contributed by atoms with Crippen molar-refractivity contribution in [2.45, 2.75) is 32.2 Å². The molecule has 2 rings (SSSR count). The van der Waals surface area contributed by atoms with Crippen molar-refractivity contribution < 1.29 is 23.5 Å². The van der Waals surface area contributed by atoms with E-state index in [1.165, 1.54) is 17.2 Å². The van der Waals surface area contributed by atoms with Crippen LogP contribution in [-0.4, -0.2) is 53.5 Å². The van der Waals surface area contributed by atoms with Gasteiger partial charge in [-0.2, -0.15) is 0 Å². The molecule has 1 aromatic heterocycles. The fourth-order valence-electron chi connectivity index (χ4n) is 2.35. The normalized spacial score (nSPS) is 16.9. The van der Waals surface area contributed by atoms with Crippen LogP contribution in [0.25, 0.3) is 0 Å². The molecule has 0 aliphatic carbocycles. The second-order valence-electron chi connectivity index (χ2n) is 5.51. The van der Waals surface area contributed by atoms with Gasteiger partial charge in [0.05, 0.1) is 19.3 Å². The fourth-order valence-corrected chi connectivity index (χ4v) is 2.66. The lowest BCUT2D eigenvalue weighted by Gasteiger charge is -2.36. The van der Waals surface area contributed by atoms with Crippen LogP contribution in [0.2, 0.25) is 0 Å². The van der Waals surface area contributed by atoms with Crippen LogP contribution in [0, 0.1) is 0 Å². The smallest absolute Gasteiger partial charge is 0.308 e. The summed E-state index contributed by atoms with van der Waals surface area (Å²) < 4.78 is 10.1. The number of carbonyl (C=O) groups is 3. The number of hydrogen-bond donors (Lipinski definition) is 2. The molecule has 25 heavy (non-hydrogen) atoms. The number of hydrogen-bond acceptors (Lipinski definition) is 6. The Kier molecular flexibility index (Phi) is 6.93. The zero-order chi connectivity index (χ0) is 18.2. The minimum Gasteiger partial charge on any atom is -0.466 e. The molecule has 0 spiro atoms. The summed E-state index contributed by atoms with van der Waals surface area (Å²) in [4.78, 5) is 37.6. The highest BCUT2D eigenvalue weighted by Crippen LogP contribution is 2.11. The van der Waals surface area contributed by atoms with Crippen molar-refractivity contribution in [3.05, 3.63) is 24.2 Å². The number of nitrogens with one attached hydrogen (secondary N) is 2. The highest BCUT2D eigenvalue weighted by atomic mass is 32.1. The average Bonchev–Trinajstić information content (AvgIpc) is 3.11. The Morgan fingerprint density at radius 1 is 1.52 bits per heavy atom. The molecule has 0 bridgehead atoms. The van der Waals surface area contributed by atoms with Crippen molar-refractivity contribution in [1.29, 1.82) is 0 Å². The van der Waals surface area contributed by atoms with Crippen LogP contribution < -0.4 is 10.6 Å². The Labute approximate surface area is 150 Å². The molecule has 9 heteroatoms. The predicted octanol–water partition coefficient (Wildman–Crippen LogP) is 0.828. The van der Waals surface area contributed by atoms with Gasteiger partial charge in [0.15, 0.2) is 10.9 Å². The van der Waals surface area contributed by atoms with E-state index in [0.29, 0.717) is 19.7 Å². The molecule has 0 unspecified atom stereocenters. The van der Waals surface area contributed by atoms with E-state index in [-0.39, 0.29) is 23.2 Å². The summed E-state index contributed by atoms with van der Waals surface area (Å²) in [5.41, 5.74) is 0. The maximum atomic E-state index is 12.1. The van der Waals surface area contributed by atoms with Crippen LogP contribution in [0.1, 0.15) is 36.7 Å². The number of rotatable bonds is 6. The summed E-state index contributed by atoms with van der Waals surface area (Å²) in [6.07, 6.45) is 2.92. The van der Waals surface area contributed by atoms with E-state index in [0.717, 1.165) is 12.8 Å². The third-order valence-corrected chi connectivity index (χ3v) is 4.01. The predicted molar refractivity (Wildman–Crippen MR) is 92.8 cm³/mol. The molecule has 0 aromatic carbocycles. The number of piperazine rings is 1. The average molecular weight is 367 g/mol. The Morgan fingerprint density at radius 2 is 2.32 bits per heavy atom. The maximum Gasteiger partial charge on any atom is 0.308 e. The Balaban J connectivity index is 1.97. The number of thiocarbonyl (C=S) groups is 1. The van der Waals surface area contributed by atoms with Gasteiger partial charge in [0.25, 0.3) is 5.91 Å². The Hall–Kier alpha value is -2.42. The van der Waals surface area contributed by atoms with Crippen molar-refractivity contribution in [2.24, 2.45) is 0 Å². The van der Waals surface area contributed by atoms with Crippen molar-refractivity contribution in [3.8, 4) is 0 Å². The van der Waals surface area contributed by atoms with Crippen molar-refractivity contribution in [1.82, 2.24) is 15.5 Å². The number of nitrogens with zero attached hydrogens (tertiary/aromatic N) is 1. The molecule has 1 aromatic rings. The summed E-state index contributed by atoms with van der Waals surface area (Å²) in [5, 5.41) is 5.28. The first-order chi connectivity index (χ1) is 12.0. The van der Waals surface area contributed by atoms with Crippen molar-refractivity contribution in [2.75, 3.05) is 19.7 Å². The zero-order valence-electron chi connectivity index (χ0n) is 13.9. The Bertz CT molecular complexity index is 632. The molecule has 1 saturated heterocycles. The van der Waals surface area contributed by atoms with Gasteiger partial charge in [0.2, 0.25) is 5.91 Å². The van der Waals surface area contributed by atoms with Crippen LogP contribution in [0.5, 0.6) is 0 Å². The van der Waals surface area contributed by atoms with Crippen molar-refractivity contribution in [3.63, 3.8) is 0 Å². The van der Waals surface area contributed by atoms with Gasteiger partial charge in [-0.25, -0.2) is 0 Å². The summed E-state index contributed by atoms with van der Waals surface area (Å²) in [5.74, 6) is -1.20. The van der Waals surface area contributed by atoms with E-state index >= 15 is 0 Å². The van der Waals surface area contributed by atoms with Gasteiger partial charge in [-0.1, -0.05) is 13.3 Å². The lowest BCUT2D eigenvalue weighted by molar-refractivity contribution is -0.147. The van der Waals surface area contributed by atoms with E-state index in [1.54, 1.807) is 6.07 Å². The summed E-state index contributed by atoms with van der Waals surface area (Å²) in [6.45, 7) is 3.07. The highest BCUT2D eigenvalue weighted by molar-refractivity contribution is 7.80.